The van der Waals surface area contributed by atoms with Gasteiger partial charge < -0.3 is 123 Å². The number of thiol groups is 1. The second-order valence-corrected chi connectivity index (χ2v) is 32.1. The number of aliphatic hydroxyl groups excluding tert-OH is 5. The average molecular weight is 1840 g/mol. The summed E-state index contributed by atoms with van der Waals surface area (Å²) < 4.78 is 74.2. The summed E-state index contributed by atoms with van der Waals surface area (Å²) in [6, 6.07) is 6.91. The number of likely N-dealkylation sites (N-methyl/N-ethyl adjacent to an activating group) is 2. The quantitative estimate of drug-likeness (QED) is 0.0122. The molecule has 0 radical (unpaired) electrons. The number of esters is 4. The predicted molar refractivity (Wildman–Crippen MR) is 475 cm³/mol. The van der Waals surface area contributed by atoms with Gasteiger partial charge in [-0.1, -0.05) is 113 Å². The van der Waals surface area contributed by atoms with Crippen molar-refractivity contribution in [1.29, 1.82) is 0 Å². The smallest absolute Gasteiger partial charge is 0.328 e. The largest absolute Gasteiger partial charge is 0.481 e. The molecule has 17 atom stereocenters. The molecule has 1 aromatic carbocycles. The Balaban J connectivity index is 0. The van der Waals surface area contributed by atoms with E-state index in [2.05, 4.69) is 28.6 Å². The van der Waals surface area contributed by atoms with E-state index in [1.165, 1.54) is 35.5 Å². The first-order chi connectivity index (χ1) is 60.5. The van der Waals surface area contributed by atoms with E-state index in [0.717, 1.165) is 5.56 Å². The molecule has 38 heteroatoms. The van der Waals surface area contributed by atoms with E-state index in [-0.39, 0.29) is 208 Å². The lowest BCUT2D eigenvalue weighted by Gasteiger charge is -2.41. The Labute approximate surface area is 759 Å². The van der Waals surface area contributed by atoms with Crippen LogP contribution < -0.4 is 16.0 Å². The van der Waals surface area contributed by atoms with E-state index in [0.29, 0.717) is 76.6 Å². The number of ether oxygens (including phenoxy) is 14. The van der Waals surface area contributed by atoms with E-state index in [4.69, 9.17) is 91.8 Å². The maximum Gasteiger partial charge on any atom is 0.328 e. The molecule has 1 aliphatic heterocycles. The number of carbonyl (C=O) groups is 11. The highest BCUT2D eigenvalue weighted by Crippen LogP contribution is 2.32. The van der Waals surface area contributed by atoms with Crippen LogP contribution in [0.4, 0.5) is 0 Å². The van der Waals surface area contributed by atoms with Crippen LogP contribution >= 0.6 is 12.6 Å². The molecule has 2 rings (SSSR count). The summed E-state index contributed by atoms with van der Waals surface area (Å²) in [5.41, 5.74) is 0.797. The minimum atomic E-state index is -1.05. The topological polar surface area (TPSA) is 484 Å². The van der Waals surface area contributed by atoms with Crippen molar-refractivity contribution in [2.24, 2.45) is 29.6 Å². The number of amides is 5. The number of nitrogens with one attached hydrogen (secondary N) is 3. The number of carboxylic acids is 1. The Morgan fingerprint density at radius 1 is 0.528 bits per heavy atom. The Bertz CT molecular complexity index is 3100. The van der Waals surface area contributed by atoms with Crippen LogP contribution in [0.3, 0.4) is 0 Å². The molecule has 0 spiro atoms. The molecule has 738 valence electrons. The summed E-state index contributed by atoms with van der Waals surface area (Å²) in [4.78, 5) is 145. The zero-order valence-electron chi connectivity index (χ0n) is 79.4. The number of likely N-dealkylation sites (tertiary alicyclic amines) is 1. The fraction of sp³-hybridized carbons (Fsp3) is 0.809. The number of aliphatic hydroxyl groups is 5. The zero-order valence-corrected chi connectivity index (χ0v) is 80.3. The van der Waals surface area contributed by atoms with E-state index in [9.17, 15) is 57.8 Å². The first kappa shape index (κ1) is 122. The number of nitrogens with zero attached hydrogens (tertiary/aromatic N) is 3. The minimum Gasteiger partial charge on any atom is -0.481 e. The summed E-state index contributed by atoms with van der Waals surface area (Å²) in [6.45, 7) is 21.4. The van der Waals surface area contributed by atoms with Gasteiger partial charge in [-0.05, 0) is 102 Å². The molecule has 37 nitrogen and oxygen atoms in total. The van der Waals surface area contributed by atoms with Crippen LogP contribution in [0.1, 0.15) is 204 Å². The third-order valence-electron chi connectivity index (χ3n) is 21.2. The Morgan fingerprint density at radius 2 is 0.976 bits per heavy atom. The molecule has 1 aromatic rings. The van der Waals surface area contributed by atoms with Gasteiger partial charge in [0.1, 0.15) is 25.9 Å². The summed E-state index contributed by atoms with van der Waals surface area (Å²) in [6.07, 6.45) is 0.727. The molecule has 1 fully saturated rings. The van der Waals surface area contributed by atoms with Crippen LogP contribution in [0.25, 0.3) is 0 Å². The average Bonchev–Trinajstić information content (AvgIpc) is 1.79. The highest BCUT2D eigenvalue weighted by atomic mass is 32.1. The van der Waals surface area contributed by atoms with E-state index in [1.54, 1.807) is 30.9 Å². The maximum absolute atomic E-state index is 14.5. The lowest BCUT2D eigenvalue weighted by molar-refractivity contribution is -0.194. The predicted octanol–water partition coefficient (Wildman–Crippen LogP) is 5.76. The van der Waals surface area contributed by atoms with Crippen LogP contribution in [0.15, 0.2) is 30.3 Å². The number of methoxy groups -OCH3 is 6. The van der Waals surface area contributed by atoms with Crippen molar-refractivity contribution in [3.8, 4) is 0 Å². The van der Waals surface area contributed by atoms with E-state index >= 15 is 0 Å². The lowest BCUT2D eigenvalue weighted by atomic mass is 9.83. The van der Waals surface area contributed by atoms with Gasteiger partial charge in [-0.2, -0.15) is 12.6 Å². The molecule has 0 aliphatic carbocycles. The SMILES string of the molecule is CCC(CO)OC(CO)OC.CCC(CO)OC(COC(=O)CCCC(=O)NCCCOC(=O)[C@H](Cc1ccccc1)NC(=O)[C@H](C)[C@@H](OC)[C@@H]1CCCN1C(=O)C[C@@H](OC)[C@H]([C@@H](C)CC)N(C)C(=O)[C@@H](CC(=O)[C@H](C(C)C)N(C)C)C(C)C)OC.CCC(CO)OC(COC(=O)CCCC(=O)NCCS)OC.CCC(CO)OC(COC(=O)CCCC(=O)O)OC. The highest BCUT2D eigenvalue weighted by Gasteiger charge is 2.44. The first-order valence-electron chi connectivity index (χ1n) is 44.4. The molecule has 1 saturated heterocycles. The Morgan fingerprint density at radius 3 is 1.35 bits per heavy atom. The number of ketones is 1. The van der Waals surface area contributed by atoms with Gasteiger partial charge in [0.25, 0.3) is 0 Å². The van der Waals surface area contributed by atoms with Crippen molar-refractivity contribution in [3.63, 3.8) is 0 Å². The molecule has 5 amide bonds. The fourth-order valence-corrected chi connectivity index (χ4v) is 13.6. The molecular formula is C89H160N6O31S. The monoisotopic (exact) mass is 1840 g/mol. The first-order valence-corrected chi connectivity index (χ1v) is 45.0. The molecule has 0 bridgehead atoms. The second-order valence-electron chi connectivity index (χ2n) is 31.7. The van der Waals surface area contributed by atoms with Gasteiger partial charge in [-0.3, -0.25) is 52.8 Å². The fourth-order valence-electron chi connectivity index (χ4n) is 13.5. The number of benzene rings is 1. The van der Waals surface area contributed by atoms with Crippen molar-refractivity contribution in [3.05, 3.63) is 35.9 Å². The highest BCUT2D eigenvalue weighted by molar-refractivity contribution is 7.80. The number of aliphatic carboxylic acids is 1. The number of carbonyl (C=O) groups excluding carboxylic acids is 10. The van der Waals surface area contributed by atoms with Gasteiger partial charge >= 0.3 is 29.8 Å². The Kier molecular flexibility index (Phi) is 71.2. The minimum absolute atomic E-state index is 0.00632. The van der Waals surface area contributed by atoms with Crippen LogP contribution in [-0.4, -0.2) is 345 Å². The molecule has 0 saturated carbocycles. The van der Waals surface area contributed by atoms with Crippen molar-refractivity contribution in [1.82, 2.24) is 30.7 Å². The zero-order chi connectivity index (χ0) is 96.5. The summed E-state index contributed by atoms with van der Waals surface area (Å²) in [5.74, 6) is -5.06. The molecule has 127 heavy (non-hydrogen) atoms. The van der Waals surface area contributed by atoms with Crippen LogP contribution in [-0.2, 0) is 125 Å². The standard InChI is InChI=1S/C56H95N5O14.C14H27NO6S.C12H22O7.C7H16O4/c1-15-38(7)52(60(11)55(68)42(36(3)4)32-45(63)51(37(5)6)59(9)10)46(70-12)33-48(65)61-29-21-25-44(61)53(72-14)39(8)54(67)58-43(31-40-23-18-17-19-24-40)56(69)73-30-22-28-57-47(64)26-20-27-49(66)74-35-50(71-13)75-41(16-2)34-62;1-3-11(9-16)21-14(19-2)10-20-13(18)6-4-5-12(17)15-7-8-22;1-3-9(7-13)19-12(17-2)8-18-11(16)6-4-5-10(14)15;1-3-6(4-8)11-7(5-9)10-2/h17-19,23-24,36-39,41-44,46,50-53,62H,15-16,20-22,25-35H2,1-14H3,(H,57,64)(H,58,67);11,14,16,22H,3-10H2,1-2H3,(H,15,17);9,12-13H,3-8H2,1-2H3,(H,14,15);6-9H,3-5H2,1-2H3/t38-,39+,41?,42-,43-,44-,46+,50?,51-,52-,53+;;;/m0.../s1. The summed E-state index contributed by atoms with van der Waals surface area (Å²) in [7, 11) is 14.3. The number of hydrogen-bond donors (Lipinski definition) is 10. The molecule has 1 heterocycles. The van der Waals surface area contributed by atoms with Gasteiger partial charge in [0.15, 0.2) is 30.9 Å². The molecule has 1 aliphatic rings. The molecule has 9 N–H and O–H groups in total. The third kappa shape index (κ3) is 52.8. The normalized spacial score (nSPS) is 16.3. The number of carboxylic acid groups (broad SMARTS) is 1. The molecule has 0 aromatic heterocycles. The van der Waals surface area contributed by atoms with Gasteiger partial charge in [0.05, 0.1) is 107 Å². The number of hydrogen-bond acceptors (Lipinski definition) is 32. The molecule has 8 unspecified atom stereocenters. The third-order valence-corrected chi connectivity index (χ3v) is 21.4. The summed E-state index contributed by atoms with van der Waals surface area (Å²) >= 11 is 3.98. The second kappa shape index (κ2) is 73.9. The van der Waals surface area contributed by atoms with Crippen LogP contribution in [0.2, 0.25) is 0 Å². The van der Waals surface area contributed by atoms with Crippen LogP contribution in [0.5, 0.6) is 0 Å². The van der Waals surface area contributed by atoms with Gasteiger partial charge in [-0.15, -0.1) is 0 Å². The van der Waals surface area contributed by atoms with E-state index < -0.39 is 109 Å². The Hall–Kier alpha value is -6.70. The van der Waals surface area contributed by atoms with Gasteiger partial charge in [-0.25, -0.2) is 4.79 Å². The van der Waals surface area contributed by atoms with Gasteiger partial charge in [0.2, 0.25) is 29.5 Å². The van der Waals surface area contributed by atoms with Crippen molar-refractivity contribution in [2.75, 3.05) is 149 Å². The number of Topliss-reactive ketones (excluding diaryl/α,β-unsaturated/α-hetero) is 1. The van der Waals surface area contributed by atoms with Crippen molar-refractivity contribution >= 4 is 77.8 Å². The van der Waals surface area contributed by atoms with Crippen molar-refractivity contribution < 1.29 is 150 Å². The lowest BCUT2D eigenvalue weighted by Crippen LogP contribution is -2.55. The van der Waals surface area contributed by atoms with Crippen LogP contribution in [0, 0.1) is 29.6 Å². The van der Waals surface area contributed by atoms with E-state index in [1.807, 2.05) is 119 Å². The molecular weight excluding hydrogens is 1680 g/mol. The maximum atomic E-state index is 14.5. The number of rotatable bonds is 67. The van der Waals surface area contributed by atoms with Crippen molar-refractivity contribution in [2.45, 2.75) is 291 Å². The van der Waals surface area contributed by atoms with Gasteiger partial charge in [0, 0.05) is 132 Å². The summed E-state index contributed by atoms with van der Waals surface area (Å²) in [5, 5.41) is 61.5.